The van der Waals surface area contributed by atoms with Crippen LogP contribution in [0.4, 0.5) is 5.95 Å². The van der Waals surface area contributed by atoms with E-state index in [1.54, 1.807) is 6.20 Å². The Balaban J connectivity index is 1.88. The number of rotatable bonds is 3. The van der Waals surface area contributed by atoms with Crippen molar-refractivity contribution in [2.24, 2.45) is 12.5 Å². The number of hydrogen-bond donors (Lipinski definition) is 1. The molecule has 0 bridgehead atoms. The maximum atomic E-state index is 4.19. The minimum absolute atomic E-state index is 0.345. The molecule has 13 heavy (non-hydrogen) atoms. The van der Waals surface area contributed by atoms with Crippen molar-refractivity contribution >= 4 is 5.95 Å². The lowest BCUT2D eigenvalue weighted by Crippen LogP contribution is -2.08. The third kappa shape index (κ3) is 1.59. The number of aryl methyl sites for hydroxylation is 1. The van der Waals surface area contributed by atoms with Crippen LogP contribution in [0.5, 0.6) is 0 Å². The van der Waals surface area contributed by atoms with Crippen LogP contribution in [0.1, 0.15) is 13.8 Å². The van der Waals surface area contributed by atoms with Crippen LogP contribution in [0.3, 0.4) is 0 Å². The number of aromatic nitrogens is 2. The van der Waals surface area contributed by atoms with Crippen LogP contribution in [0.15, 0.2) is 24.0 Å². The van der Waals surface area contributed by atoms with Crippen molar-refractivity contribution in [1.29, 1.82) is 0 Å². The number of hydrogen-bond acceptors (Lipinski definition) is 2. The molecule has 3 heteroatoms. The topological polar surface area (TPSA) is 29.9 Å². The Kier molecular flexibility index (Phi) is 1.68. The molecule has 1 aliphatic carbocycles. The number of allylic oxidation sites excluding steroid dienone is 1. The van der Waals surface area contributed by atoms with Gasteiger partial charge in [0.05, 0.1) is 0 Å². The van der Waals surface area contributed by atoms with E-state index in [0.717, 1.165) is 12.5 Å². The highest BCUT2D eigenvalue weighted by Crippen LogP contribution is 2.42. The molecule has 0 radical (unpaired) electrons. The summed E-state index contributed by atoms with van der Waals surface area (Å²) in [4.78, 5) is 4.19. The molecule has 1 aromatic rings. The second-order valence-corrected chi connectivity index (χ2v) is 4.11. The smallest absolute Gasteiger partial charge is 0.202 e. The Morgan fingerprint density at radius 2 is 2.23 bits per heavy atom. The fourth-order valence-corrected chi connectivity index (χ4v) is 1.39. The Morgan fingerprint density at radius 3 is 2.69 bits per heavy atom. The highest BCUT2D eigenvalue weighted by atomic mass is 15.2. The molecule has 0 saturated carbocycles. The summed E-state index contributed by atoms with van der Waals surface area (Å²) < 4.78 is 1.98. The van der Waals surface area contributed by atoms with Gasteiger partial charge in [-0.25, -0.2) is 4.98 Å². The minimum atomic E-state index is 0.345. The first-order valence-corrected chi connectivity index (χ1v) is 4.53. The van der Waals surface area contributed by atoms with Crippen LogP contribution in [-0.4, -0.2) is 16.1 Å². The van der Waals surface area contributed by atoms with Crippen LogP contribution in [-0.2, 0) is 7.05 Å². The van der Waals surface area contributed by atoms with Gasteiger partial charge in [0.25, 0.3) is 0 Å². The van der Waals surface area contributed by atoms with E-state index in [0.29, 0.717) is 5.41 Å². The van der Waals surface area contributed by atoms with Crippen molar-refractivity contribution in [1.82, 2.24) is 9.55 Å². The molecular weight excluding hydrogens is 162 g/mol. The SMILES string of the molecule is Cn1ccnc1NCC1=CC1(C)C. The summed E-state index contributed by atoms with van der Waals surface area (Å²) in [7, 11) is 1.99. The van der Waals surface area contributed by atoms with E-state index in [2.05, 4.69) is 30.2 Å². The van der Waals surface area contributed by atoms with Crippen LogP contribution < -0.4 is 5.32 Å². The molecule has 1 aromatic heterocycles. The van der Waals surface area contributed by atoms with Crippen molar-refractivity contribution in [3.8, 4) is 0 Å². The van der Waals surface area contributed by atoms with Crippen LogP contribution in [0.25, 0.3) is 0 Å². The fourth-order valence-electron chi connectivity index (χ4n) is 1.39. The van der Waals surface area contributed by atoms with Crippen LogP contribution in [0.2, 0.25) is 0 Å². The first-order valence-electron chi connectivity index (χ1n) is 4.53. The van der Waals surface area contributed by atoms with E-state index in [9.17, 15) is 0 Å². The molecule has 0 unspecified atom stereocenters. The van der Waals surface area contributed by atoms with E-state index in [1.807, 2.05) is 17.8 Å². The van der Waals surface area contributed by atoms with Crippen molar-refractivity contribution in [2.75, 3.05) is 11.9 Å². The molecule has 0 aromatic carbocycles. The summed E-state index contributed by atoms with van der Waals surface area (Å²) in [6.07, 6.45) is 6.02. The van der Waals surface area contributed by atoms with Gasteiger partial charge in [0.15, 0.2) is 0 Å². The van der Waals surface area contributed by atoms with Crippen molar-refractivity contribution in [3.63, 3.8) is 0 Å². The van der Waals surface area contributed by atoms with Gasteiger partial charge in [-0.2, -0.15) is 0 Å². The fraction of sp³-hybridized carbons (Fsp3) is 0.500. The van der Waals surface area contributed by atoms with Gasteiger partial charge >= 0.3 is 0 Å². The second-order valence-electron chi connectivity index (χ2n) is 4.11. The summed E-state index contributed by atoms with van der Waals surface area (Å²) in [5, 5.41) is 3.29. The van der Waals surface area contributed by atoms with Crippen molar-refractivity contribution < 1.29 is 0 Å². The standard InChI is InChI=1S/C10H15N3/c1-10(2)6-8(10)7-12-9-11-4-5-13(9)3/h4-6H,7H2,1-3H3,(H,11,12). The van der Waals surface area contributed by atoms with E-state index in [4.69, 9.17) is 0 Å². The zero-order chi connectivity index (χ0) is 9.47. The normalized spacial score (nSPS) is 18.2. The first kappa shape index (κ1) is 8.35. The molecule has 0 amide bonds. The molecule has 0 aliphatic heterocycles. The molecule has 1 N–H and O–H groups in total. The average Bonchev–Trinajstić information content (AvgIpc) is 2.47. The summed E-state index contributed by atoms with van der Waals surface area (Å²) in [5.41, 5.74) is 1.81. The van der Waals surface area contributed by atoms with Gasteiger partial charge in [-0.3, -0.25) is 0 Å². The zero-order valence-corrected chi connectivity index (χ0v) is 8.33. The van der Waals surface area contributed by atoms with E-state index in [-0.39, 0.29) is 0 Å². The monoisotopic (exact) mass is 177 g/mol. The third-order valence-electron chi connectivity index (χ3n) is 2.54. The molecule has 1 heterocycles. The van der Waals surface area contributed by atoms with Crippen molar-refractivity contribution in [2.45, 2.75) is 13.8 Å². The highest BCUT2D eigenvalue weighted by Gasteiger charge is 2.32. The first-order chi connectivity index (χ1) is 6.09. The molecule has 0 spiro atoms. The molecule has 1 aliphatic rings. The maximum Gasteiger partial charge on any atom is 0.202 e. The lowest BCUT2D eigenvalue weighted by atomic mass is 10.1. The maximum absolute atomic E-state index is 4.19. The minimum Gasteiger partial charge on any atom is -0.352 e. The molecule has 2 rings (SSSR count). The zero-order valence-electron chi connectivity index (χ0n) is 8.33. The predicted molar refractivity (Wildman–Crippen MR) is 53.6 cm³/mol. The molecule has 0 saturated heterocycles. The lowest BCUT2D eigenvalue weighted by molar-refractivity contribution is 0.692. The largest absolute Gasteiger partial charge is 0.352 e. The average molecular weight is 177 g/mol. The quantitative estimate of drug-likeness (QED) is 0.713. The predicted octanol–water partition coefficient (Wildman–Crippen LogP) is 1.80. The Hall–Kier alpha value is -1.25. The van der Waals surface area contributed by atoms with Gasteiger partial charge in [-0.05, 0) is 5.57 Å². The molecule has 0 atom stereocenters. The number of imidazole rings is 1. The number of anilines is 1. The molecule has 0 fully saturated rings. The van der Waals surface area contributed by atoms with E-state index >= 15 is 0 Å². The van der Waals surface area contributed by atoms with E-state index < -0.39 is 0 Å². The van der Waals surface area contributed by atoms with Gasteiger partial charge in [0, 0.05) is 31.4 Å². The van der Waals surface area contributed by atoms with E-state index in [1.165, 1.54) is 5.57 Å². The Morgan fingerprint density at radius 1 is 1.54 bits per heavy atom. The van der Waals surface area contributed by atoms with Gasteiger partial charge in [0.2, 0.25) is 5.95 Å². The molecular formula is C10H15N3. The lowest BCUT2D eigenvalue weighted by Gasteiger charge is -2.06. The third-order valence-corrected chi connectivity index (χ3v) is 2.54. The Bertz CT molecular complexity index is 347. The summed E-state index contributed by atoms with van der Waals surface area (Å²) >= 11 is 0. The Labute approximate surface area is 78.5 Å². The number of nitrogens with zero attached hydrogens (tertiary/aromatic N) is 2. The van der Waals surface area contributed by atoms with Gasteiger partial charge in [0.1, 0.15) is 0 Å². The van der Waals surface area contributed by atoms with Gasteiger partial charge in [-0.15, -0.1) is 0 Å². The van der Waals surface area contributed by atoms with Crippen LogP contribution in [0, 0.1) is 5.41 Å². The van der Waals surface area contributed by atoms with Gasteiger partial charge < -0.3 is 9.88 Å². The van der Waals surface area contributed by atoms with Crippen LogP contribution >= 0.6 is 0 Å². The van der Waals surface area contributed by atoms with Crippen molar-refractivity contribution in [3.05, 3.63) is 24.0 Å². The molecule has 70 valence electrons. The number of nitrogens with one attached hydrogen (secondary N) is 1. The molecule has 3 nitrogen and oxygen atoms in total. The highest BCUT2D eigenvalue weighted by molar-refractivity contribution is 5.41. The summed E-state index contributed by atoms with van der Waals surface area (Å²) in [6.45, 7) is 5.36. The van der Waals surface area contributed by atoms with Gasteiger partial charge in [-0.1, -0.05) is 19.9 Å². The second kappa shape index (κ2) is 2.62. The summed E-state index contributed by atoms with van der Waals surface area (Å²) in [5.74, 6) is 0.934. The summed E-state index contributed by atoms with van der Waals surface area (Å²) in [6, 6.07) is 0.